The van der Waals surface area contributed by atoms with Gasteiger partial charge in [0.05, 0.1) is 20.6 Å². The van der Waals surface area contributed by atoms with Crippen LogP contribution in [-0.2, 0) is 19.1 Å². The molecule has 0 aromatic heterocycles. The second-order valence-corrected chi connectivity index (χ2v) is 15.8. The molecule has 1 atom stereocenters. The van der Waals surface area contributed by atoms with Crippen LogP contribution in [0.15, 0.2) is 0 Å². The summed E-state index contributed by atoms with van der Waals surface area (Å²) in [5, 5.41) is 9.06. The van der Waals surface area contributed by atoms with Gasteiger partial charge in [0.1, 0.15) is 13.2 Å². The summed E-state index contributed by atoms with van der Waals surface area (Å²) in [5.41, 5.74) is 0. The highest BCUT2D eigenvalue weighted by Crippen LogP contribution is 2.16. The van der Waals surface area contributed by atoms with Crippen LogP contribution in [0.2, 0.25) is 0 Å². The normalized spacial score (nSPS) is 12.3. The number of esters is 2. The van der Waals surface area contributed by atoms with E-state index in [2.05, 4.69) is 27.9 Å². The number of carbonyl (C=O) groups is 2. The van der Waals surface area contributed by atoms with Crippen molar-refractivity contribution in [2.75, 3.05) is 40.4 Å². The third-order valence-electron chi connectivity index (χ3n) is 10.1. The Morgan fingerprint density at radius 1 is 0.490 bits per heavy atom. The van der Waals surface area contributed by atoms with Crippen LogP contribution in [0.3, 0.4) is 0 Å². The molecule has 6 heteroatoms. The molecular weight excluding hydrogens is 610 g/mol. The van der Waals surface area contributed by atoms with Crippen LogP contribution in [-0.4, -0.2) is 68.0 Å². The number of aliphatic hydroxyl groups is 1. The molecule has 0 aliphatic carbocycles. The molecule has 49 heavy (non-hydrogen) atoms. The number of hydrogen-bond donors (Lipinski definition) is 1. The fourth-order valence-corrected chi connectivity index (χ4v) is 6.85. The Morgan fingerprint density at radius 2 is 0.837 bits per heavy atom. The third kappa shape index (κ3) is 36.5. The van der Waals surface area contributed by atoms with Gasteiger partial charge in [-0.1, -0.05) is 174 Å². The zero-order valence-corrected chi connectivity index (χ0v) is 33.6. The smallest absolute Gasteiger partial charge is 0.306 e. The van der Waals surface area contributed by atoms with Gasteiger partial charge in [-0.25, -0.2) is 0 Å². The fourth-order valence-electron chi connectivity index (χ4n) is 6.85. The number of unbranched alkanes of at least 4 members (excludes halogenated alkanes) is 27. The second-order valence-electron chi connectivity index (χ2n) is 15.8. The molecule has 0 bridgehead atoms. The average Bonchev–Trinajstić information content (AvgIpc) is 3.07. The van der Waals surface area contributed by atoms with Crippen molar-refractivity contribution in [1.82, 2.24) is 0 Å². The van der Waals surface area contributed by atoms with Crippen LogP contribution >= 0.6 is 0 Å². The van der Waals surface area contributed by atoms with Gasteiger partial charge in [0, 0.05) is 19.4 Å². The van der Waals surface area contributed by atoms with Crippen molar-refractivity contribution in [1.29, 1.82) is 0 Å². The van der Waals surface area contributed by atoms with Crippen molar-refractivity contribution in [2.45, 2.75) is 225 Å². The lowest BCUT2D eigenvalue weighted by atomic mass is 10.0. The summed E-state index contributed by atoms with van der Waals surface area (Å²) in [6, 6.07) is 0. The molecular formula is C43H86NO5+. The van der Waals surface area contributed by atoms with Gasteiger partial charge in [0.15, 0.2) is 6.10 Å². The highest BCUT2D eigenvalue weighted by atomic mass is 16.6. The van der Waals surface area contributed by atoms with Gasteiger partial charge in [-0.2, -0.15) is 0 Å². The molecule has 0 aliphatic rings. The Labute approximate surface area is 305 Å². The predicted molar refractivity (Wildman–Crippen MR) is 209 cm³/mol. The van der Waals surface area contributed by atoms with Gasteiger partial charge in [-0.05, 0) is 32.1 Å². The maximum Gasteiger partial charge on any atom is 0.306 e. The van der Waals surface area contributed by atoms with E-state index >= 15 is 0 Å². The van der Waals surface area contributed by atoms with Gasteiger partial charge >= 0.3 is 11.9 Å². The molecule has 0 aliphatic heterocycles. The number of ether oxygens (including phenoxy) is 2. The summed E-state index contributed by atoms with van der Waals surface area (Å²) in [6.45, 7) is 6.54. The number of likely N-dealkylation sites (N-methyl/N-ethyl adjacent to an activating group) is 1. The van der Waals surface area contributed by atoms with Crippen LogP contribution < -0.4 is 0 Å². The lowest BCUT2D eigenvalue weighted by Crippen LogP contribution is -2.48. The van der Waals surface area contributed by atoms with E-state index in [0.717, 1.165) is 57.9 Å². The van der Waals surface area contributed by atoms with Crippen molar-refractivity contribution < 1.29 is 28.7 Å². The zero-order chi connectivity index (χ0) is 36.1. The summed E-state index contributed by atoms with van der Waals surface area (Å²) in [4.78, 5) is 25.4. The molecule has 1 unspecified atom stereocenters. The molecule has 1 N–H and O–H groups in total. The summed E-state index contributed by atoms with van der Waals surface area (Å²) in [5.74, 6) is -0.335. The minimum absolute atomic E-state index is 0.147. The highest BCUT2D eigenvalue weighted by molar-refractivity contribution is 5.70. The van der Waals surface area contributed by atoms with Crippen LogP contribution in [0.5, 0.6) is 0 Å². The van der Waals surface area contributed by atoms with Crippen molar-refractivity contribution in [3.63, 3.8) is 0 Å². The lowest BCUT2D eigenvalue weighted by Gasteiger charge is -2.33. The topological polar surface area (TPSA) is 72.8 Å². The van der Waals surface area contributed by atoms with Gasteiger partial charge in [-0.15, -0.1) is 0 Å². The van der Waals surface area contributed by atoms with Gasteiger partial charge in [0.2, 0.25) is 0 Å². The first kappa shape index (κ1) is 47.9. The zero-order valence-electron chi connectivity index (χ0n) is 33.6. The molecule has 0 spiro atoms. The number of rotatable bonds is 39. The Hall–Kier alpha value is -1.14. The molecule has 0 heterocycles. The van der Waals surface area contributed by atoms with E-state index in [4.69, 9.17) is 14.6 Å². The van der Waals surface area contributed by atoms with Gasteiger partial charge in [0.25, 0.3) is 0 Å². The van der Waals surface area contributed by atoms with E-state index in [9.17, 15) is 9.59 Å². The summed E-state index contributed by atoms with van der Waals surface area (Å²) >= 11 is 0. The van der Waals surface area contributed by atoms with E-state index in [1.54, 1.807) is 0 Å². The molecule has 0 fully saturated rings. The Kier molecular flexibility index (Phi) is 35.8. The minimum atomic E-state index is -0.419. The quantitative estimate of drug-likeness (QED) is 0.0393. The third-order valence-corrected chi connectivity index (χ3v) is 10.1. The van der Waals surface area contributed by atoms with E-state index in [1.165, 1.54) is 141 Å². The van der Waals surface area contributed by atoms with Crippen LogP contribution in [0, 0.1) is 0 Å². The summed E-state index contributed by atoms with van der Waals surface area (Å²) < 4.78 is 12.3. The number of quaternary nitrogens is 1. The first-order valence-electron chi connectivity index (χ1n) is 21.6. The Bertz CT molecular complexity index is 712. The van der Waals surface area contributed by atoms with Crippen LogP contribution in [0.1, 0.15) is 219 Å². The second kappa shape index (κ2) is 36.6. The number of aliphatic hydroxyl groups excluding tert-OH is 1. The standard InChI is InChI=1S/C43H86NO5/c1-5-7-9-11-13-15-17-19-21-23-25-27-31-35-42(46)48-40-41(39-44(3,4)37-33-29-30-34-38-45)49-43(47)36-32-28-26-24-22-20-18-16-14-12-10-8-6-2/h41,45H,5-40H2,1-4H3/q+1. The van der Waals surface area contributed by atoms with Crippen molar-refractivity contribution in [2.24, 2.45) is 0 Å². The van der Waals surface area contributed by atoms with Gasteiger partial charge in [-0.3, -0.25) is 9.59 Å². The van der Waals surface area contributed by atoms with E-state index in [0.29, 0.717) is 23.9 Å². The first-order chi connectivity index (χ1) is 23.8. The van der Waals surface area contributed by atoms with E-state index < -0.39 is 6.10 Å². The fraction of sp³-hybridized carbons (Fsp3) is 0.953. The maximum atomic E-state index is 12.8. The molecule has 6 nitrogen and oxygen atoms in total. The molecule has 292 valence electrons. The lowest BCUT2D eigenvalue weighted by molar-refractivity contribution is -0.893. The molecule has 0 radical (unpaired) electrons. The van der Waals surface area contributed by atoms with Crippen molar-refractivity contribution in [3.05, 3.63) is 0 Å². The Balaban J connectivity index is 4.30. The maximum absolute atomic E-state index is 12.8. The Morgan fingerprint density at radius 3 is 1.24 bits per heavy atom. The summed E-state index contributed by atoms with van der Waals surface area (Å²) in [7, 11) is 4.32. The molecule has 0 aromatic rings. The molecule has 0 saturated carbocycles. The van der Waals surface area contributed by atoms with E-state index in [1.807, 2.05) is 0 Å². The van der Waals surface area contributed by atoms with Crippen molar-refractivity contribution >= 4 is 11.9 Å². The summed E-state index contributed by atoms with van der Waals surface area (Å²) in [6.07, 6.45) is 37.8. The van der Waals surface area contributed by atoms with E-state index in [-0.39, 0.29) is 25.2 Å². The molecule has 0 amide bonds. The molecule has 0 rings (SSSR count). The number of nitrogens with zero attached hydrogens (tertiary/aromatic N) is 1. The number of carbonyl (C=O) groups excluding carboxylic acids is 2. The number of hydrogen-bond acceptors (Lipinski definition) is 5. The molecule has 0 saturated heterocycles. The SMILES string of the molecule is CCCCCCCCCCCCCCCC(=O)OCC(C[N+](C)(C)CCCCCCO)OC(=O)CCCCCCCCCCCCCCC. The van der Waals surface area contributed by atoms with Crippen molar-refractivity contribution in [3.8, 4) is 0 Å². The first-order valence-corrected chi connectivity index (χ1v) is 21.6. The average molecular weight is 697 g/mol. The monoisotopic (exact) mass is 697 g/mol. The van der Waals surface area contributed by atoms with Crippen LogP contribution in [0.4, 0.5) is 0 Å². The van der Waals surface area contributed by atoms with Gasteiger partial charge < -0.3 is 19.1 Å². The highest BCUT2D eigenvalue weighted by Gasteiger charge is 2.26. The predicted octanol–water partition coefficient (Wildman–Crippen LogP) is 12.0. The minimum Gasteiger partial charge on any atom is -0.461 e. The largest absolute Gasteiger partial charge is 0.461 e. The molecule has 0 aromatic carbocycles. The van der Waals surface area contributed by atoms with Crippen LogP contribution in [0.25, 0.3) is 0 Å².